The molecule has 0 spiro atoms. The Morgan fingerprint density at radius 3 is 2.93 bits per heavy atom. The molecule has 2 aromatic rings. The van der Waals surface area contributed by atoms with Crippen LogP contribution >= 0.6 is 27.3 Å². The van der Waals surface area contributed by atoms with E-state index in [0.717, 1.165) is 24.8 Å². The first-order valence-electron chi connectivity index (χ1n) is 8.35. The summed E-state index contributed by atoms with van der Waals surface area (Å²) in [4.78, 5) is 35.8. The normalized spacial score (nSPS) is 15.7. The Morgan fingerprint density at radius 1 is 1.44 bits per heavy atom. The van der Waals surface area contributed by atoms with E-state index in [0.29, 0.717) is 21.6 Å². The molecule has 1 aromatic carbocycles. The highest BCUT2D eigenvalue weighted by molar-refractivity contribution is 9.10. The molecule has 1 heterocycles. The van der Waals surface area contributed by atoms with Crippen LogP contribution in [0.15, 0.2) is 28.1 Å². The van der Waals surface area contributed by atoms with Gasteiger partial charge in [0, 0.05) is 26.9 Å². The molecule has 3 rings (SSSR count). The third-order valence-corrected chi connectivity index (χ3v) is 6.10. The zero-order chi connectivity index (χ0) is 19.6. The monoisotopic (exact) mass is 452 g/mol. The number of carbonyl (C=O) groups excluding carboxylic acids is 2. The SMILES string of the molecule is CC1CCc2c(C(=O)OCC(=O)Nc3ccc([N+](=O)[O-])cc3Br)csc2C1. The van der Waals surface area contributed by atoms with E-state index >= 15 is 0 Å². The van der Waals surface area contributed by atoms with E-state index < -0.39 is 23.4 Å². The lowest BCUT2D eigenvalue weighted by molar-refractivity contribution is -0.384. The summed E-state index contributed by atoms with van der Waals surface area (Å²) in [5, 5.41) is 15.1. The van der Waals surface area contributed by atoms with E-state index in [9.17, 15) is 19.7 Å². The number of thiophene rings is 1. The molecule has 1 aromatic heterocycles. The number of ether oxygens (including phenoxy) is 1. The summed E-state index contributed by atoms with van der Waals surface area (Å²) in [5.41, 5.74) is 1.86. The van der Waals surface area contributed by atoms with Gasteiger partial charge in [0.2, 0.25) is 0 Å². The van der Waals surface area contributed by atoms with E-state index in [-0.39, 0.29) is 5.69 Å². The first-order chi connectivity index (χ1) is 12.8. The summed E-state index contributed by atoms with van der Waals surface area (Å²) in [6.07, 6.45) is 2.87. The third kappa shape index (κ3) is 4.54. The molecule has 0 saturated heterocycles. The largest absolute Gasteiger partial charge is 0.452 e. The number of non-ortho nitro benzene ring substituents is 1. The maximum atomic E-state index is 12.3. The van der Waals surface area contributed by atoms with Crippen molar-refractivity contribution in [3.05, 3.63) is 54.2 Å². The summed E-state index contributed by atoms with van der Waals surface area (Å²) in [7, 11) is 0. The smallest absolute Gasteiger partial charge is 0.339 e. The number of fused-ring (bicyclic) bond motifs is 1. The Bertz CT molecular complexity index is 911. The molecule has 1 aliphatic rings. The van der Waals surface area contributed by atoms with Crippen LogP contribution in [0.5, 0.6) is 0 Å². The number of nitro groups is 1. The number of amides is 1. The van der Waals surface area contributed by atoms with Crippen molar-refractivity contribution in [1.29, 1.82) is 0 Å². The number of hydrogen-bond donors (Lipinski definition) is 1. The number of hydrogen-bond acceptors (Lipinski definition) is 6. The number of benzene rings is 1. The summed E-state index contributed by atoms with van der Waals surface area (Å²) < 4.78 is 5.52. The van der Waals surface area contributed by atoms with Gasteiger partial charge in [0.1, 0.15) is 0 Å². The van der Waals surface area contributed by atoms with Crippen LogP contribution in [0, 0.1) is 16.0 Å². The molecule has 1 amide bonds. The quantitative estimate of drug-likeness (QED) is 0.413. The molecule has 142 valence electrons. The van der Waals surface area contributed by atoms with Crippen LogP contribution in [0.2, 0.25) is 0 Å². The highest BCUT2D eigenvalue weighted by Crippen LogP contribution is 2.33. The number of halogens is 1. The van der Waals surface area contributed by atoms with Gasteiger partial charge in [0.05, 0.1) is 16.2 Å². The highest BCUT2D eigenvalue weighted by Gasteiger charge is 2.24. The average Bonchev–Trinajstić information content (AvgIpc) is 3.04. The molecule has 7 nitrogen and oxygen atoms in total. The van der Waals surface area contributed by atoms with E-state index in [1.54, 1.807) is 16.7 Å². The highest BCUT2D eigenvalue weighted by atomic mass is 79.9. The van der Waals surface area contributed by atoms with Crippen molar-refractivity contribution < 1.29 is 19.2 Å². The van der Waals surface area contributed by atoms with Crippen molar-refractivity contribution in [2.75, 3.05) is 11.9 Å². The molecule has 1 unspecified atom stereocenters. The zero-order valence-corrected chi connectivity index (χ0v) is 16.9. The topological polar surface area (TPSA) is 98.5 Å². The van der Waals surface area contributed by atoms with Crippen LogP contribution in [0.25, 0.3) is 0 Å². The molecule has 0 saturated carbocycles. The summed E-state index contributed by atoms with van der Waals surface area (Å²) in [6, 6.07) is 3.99. The molecule has 0 radical (unpaired) electrons. The molecular formula is C18H17BrN2O5S. The first kappa shape index (κ1) is 19.5. The average molecular weight is 453 g/mol. The zero-order valence-electron chi connectivity index (χ0n) is 14.5. The molecule has 0 fully saturated rings. The van der Waals surface area contributed by atoms with Gasteiger partial charge >= 0.3 is 5.97 Å². The molecule has 0 aliphatic heterocycles. The van der Waals surface area contributed by atoms with E-state index in [1.165, 1.54) is 23.1 Å². The molecular weight excluding hydrogens is 436 g/mol. The van der Waals surface area contributed by atoms with Crippen molar-refractivity contribution in [2.45, 2.75) is 26.2 Å². The molecule has 9 heteroatoms. The van der Waals surface area contributed by atoms with Crippen molar-refractivity contribution >= 4 is 50.5 Å². The van der Waals surface area contributed by atoms with Gasteiger partial charge in [-0.05, 0) is 52.7 Å². The maximum Gasteiger partial charge on any atom is 0.339 e. The van der Waals surface area contributed by atoms with E-state index in [1.807, 2.05) is 0 Å². The summed E-state index contributed by atoms with van der Waals surface area (Å²) in [5.74, 6) is -0.401. The standard InChI is InChI=1S/C18H17BrN2O5S/c1-10-2-4-12-13(9-27-16(12)6-10)18(23)26-8-17(22)20-15-5-3-11(21(24)25)7-14(15)19/h3,5,7,9-10H,2,4,6,8H2,1H3,(H,20,22). The number of rotatable bonds is 5. The van der Waals surface area contributed by atoms with Gasteiger partial charge < -0.3 is 10.1 Å². The number of nitrogens with one attached hydrogen (secondary N) is 1. The number of carbonyl (C=O) groups is 2. The van der Waals surface area contributed by atoms with E-state index in [2.05, 4.69) is 28.2 Å². The van der Waals surface area contributed by atoms with Gasteiger partial charge in [-0.3, -0.25) is 14.9 Å². The minimum atomic E-state index is -0.527. The van der Waals surface area contributed by atoms with Gasteiger partial charge in [-0.15, -0.1) is 11.3 Å². The van der Waals surface area contributed by atoms with Crippen LogP contribution in [0.1, 0.15) is 34.1 Å². The molecule has 1 N–H and O–H groups in total. The summed E-state index contributed by atoms with van der Waals surface area (Å²) in [6.45, 7) is 1.77. The Balaban J connectivity index is 1.58. The van der Waals surface area contributed by atoms with Crippen LogP contribution in [-0.2, 0) is 22.4 Å². The number of nitrogens with zero attached hydrogens (tertiary/aromatic N) is 1. The van der Waals surface area contributed by atoms with Gasteiger partial charge in [-0.2, -0.15) is 0 Å². The Morgan fingerprint density at radius 2 is 2.22 bits per heavy atom. The maximum absolute atomic E-state index is 12.3. The van der Waals surface area contributed by atoms with Gasteiger partial charge in [0.25, 0.3) is 11.6 Å². The fourth-order valence-corrected chi connectivity index (χ4v) is 4.66. The summed E-state index contributed by atoms with van der Waals surface area (Å²) >= 11 is 4.74. The van der Waals surface area contributed by atoms with Crippen LogP contribution < -0.4 is 5.32 Å². The minimum Gasteiger partial charge on any atom is -0.452 e. The van der Waals surface area contributed by atoms with Crippen molar-refractivity contribution in [3.63, 3.8) is 0 Å². The second-order valence-electron chi connectivity index (χ2n) is 6.44. The molecule has 1 aliphatic carbocycles. The fourth-order valence-electron chi connectivity index (χ4n) is 2.96. The van der Waals surface area contributed by atoms with Crippen LogP contribution in [0.3, 0.4) is 0 Å². The van der Waals surface area contributed by atoms with Crippen molar-refractivity contribution in [1.82, 2.24) is 0 Å². The predicted molar refractivity (Wildman–Crippen MR) is 105 cm³/mol. The number of anilines is 1. The van der Waals surface area contributed by atoms with E-state index in [4.69, 9.17) is 4.74 Å². The molecule has 27 heavy (non-hydrogen) atoms. The number of esters is 1. The Hall–Kier alpha value is -2.26. The predicted octanol–water partition coefficient (Wildman–Crippen LogP) is 4.34. The molecule has 1 atom stereocenters. The minimum absolute atomic E-state index is 0.0946. The van der Waals surface area contributed by atoms with Crippen LogP contribution in [0.4, 0.5) is 11.4 Å². The van der Waals surface area contributed by atoms with Gasteiger partial charge in [-0.25, -0.2) is 4.79 Å². The Labute approximate surface area is 168 Å². The second kappa shape index (κ2) is 8.18. The fraction of sp³-hybridized carbons (Fsp3) is 0.333. The lowest BCUT2D eigenvalue weighted by atomic mass is 9.88. The van der Waals surface area contributed by atoms with Crippen molar-refractivity contribution in [3.8, 4) is 0 Å². The van der Waals surface area contributed by atoms with Crippen LogP contribution in [-0.4, -0.2) is 23.4 Å². The third-order valence-electron chi connectivity index (χ3n) is 4.39. The van der Waals surface area contributed by atoms with Gasteiger partial charge in [0.15, 0.2) is 6.61 Å². The van der Waals surface area contributed by atoms with Crippen molar-refractivity contribution in [2.24, 2.45) is 5.92 Å². The first-order valence-corrected chi connectivity index (χ1v) is 10.0. The number of nitro benzene ring substituents is 1. The lowest BCUT2D eigenvalue weighted by Crippen LogP contribution is -2.21. The molecule has 0 bridgehead atoms. The Kier molecular flexibility index (Phi) is 5.91. The van der Waals surface area contributed by atoms with Gasteiger partial charge in [-0.1, -0.05) is 6.92 Å². The second-order valence-corrected chi connectivity index (χ2v) is 8.26. The lowest BCUT2D eigenvalue weighted by Gasteiger charge is -2.18.